The first-order valence-electron chi connectivity index (χ1n) is 6.01. The van der Waals surface area contributed by atoms with Crippen LogP contribution in [-0.4, -0.2) is 48.8 Å². The van der Waals surface area contributed by atoms with Crippen molar-refractivity contribution in [3.05, 3.63) is 29.8 Å². The summed E-state index contributed by atoms with van der Waals surface area (Å²) in [5, 5.41) is 12.3. The lowest BCUT2D eigenvalue weighted by molar-refractivity contribution is -0.144. The summed E-state index contributed by atoms with van der Waals surface area (Å²) in [4.78, 5) is 13.1. The smallest absolute Gasteiger partial charge is 0.322 e. The molecule has 0 saturated carbocycles. The maximum Gasteiger partial charge on any atom is 0.322 e. The summed E-state index contributed by atoms with van der Waals surface area (Å²) in [6.45, 7) is 2.75. The number of carboxylic acids is 1. The molecule has 0 spiro atoms. The van der Waals surface area contributed by atoms with Gasteiger partial charge in [0.25, 0.3) is 0 Å². The molecule has 18 heavy (non-hydrogen) atoms. The third kappa shape index (κ3) is 3.00. The van der Waals surface area contributed by atoms with Crippen molar-refractivity contribution < 1.29 is 14.6 Å². The molecule has 5 nitrogen and oxygen atoms in total. The Kier molecular flexibility index (Phi) is 4.17. The molecule has 98 valence electrons. The predicted molar refractivity (Wildman–Crippen MR) is 67.7 cm³/mol. The van der Waals surface area contributed by atoms with E-state index >= 15 is 0 Å². The van der Waals surface area contributed by atoms with E-state index in [2.05, 4.69) is 5.32 Å². The van der Waals surface area contributed by atoms with E-state index in [1.165, 1.54) is 0 Å². The molecule has 1 aliphatic heterocycles. The Labute approximate surface area is 106 Å². The minimum Gasteiger partial charge on any atom is -0.497 e. The Bertz CT molecular complexity index is 405. The lowest BCUT2D eigenvalue weighted by atomic mass is 10.1. The van der Waals surface area contributed by atoms with Crippen molar-refractivity contribution in [2.75, 3.05) is 26.7 Å². The molecule has 2 N–H and O–H groups in total. The van der Waals surface area contributed by atoms with Gasteiger partial charge in [0.1, 0.15) is 11.8 Å². The minimum atomic E-state index is -0.768. The Morgan fingerprint density at radius 1 is 1.50 bits per heavy atom. The molecule has 5 heteroatoms. The van der Waals surface area contributed by atoms with Gasteiger partial charge in [0.15, 0.2) is 0 Å². The number of ether oxygens (including phenoxy) is 1. The largest absolute Gasteiger partial charge is 0.497 e. The van der Waals surface area contributed by atoms with Crippen LogP contribution in [0.1, 0.15) is 5.56 Å². The number of benzene rings is 1. The van der Waals surface area contributed by atoms with E-state index in [-0.39, 0.29) is 0 Å². The highest BCUT2D eigenvalue weighted by Gasteiger charge is 2.27. The Hall–Kier alpha value is -1.59. The van der Waals surface area contributed by atoms with Crippen LogP contribution >= 0.6 is 0 Å². The van der Waals surface area contributed by atoms with Crippen molar-refractivity contribution in [3.8, 4) is 5.75 Å². The highest BCUT2D eigenvalue weighted by molar-refractivity contribution is 5.74. The van der Waals surface area contributed by atoms with Crippen LogP contribution in [0.25, 0.3) is 0 Å². The molecule has 1 fully saturated rings. The van der Waals surface area contributed by atoms with Crippen LogP contribution in [0.3, 0.4) is 0 Å². The second-order valence-corrected chi connectivity index (χ2v) is 4.38. The third-order valence-corrected chi connectivity index (χ3v) is 3.18. The number of nitrogens with zero attached hydrogens (tertiary/aromatic N) is 1. The first-order valence-corrected chi connectivity index (χ1v) is 6.01. The standard InChI is InChI=1S/C13H18N2O3/c1-18-11-4-2-10(3-5-11)9-15-7-6-14-8-12(15)13(16)17/h2-5,12,14H,6-9H2,1H3,(H,16,17)/t12-/m0/s1. The van der Waals surface area contributed by atoms with Crippen molar-refractivity contribution in [2.45, 2.75) is 12.6 Å². The highest BCUT2D eigenvalue weighted by atomic mass is 16.5. The van der Waals surface area contributed by atoms with Crippen molar-refractivity contribution in [1.29, 1.82) is 0 Å². The summed E-state index contributed by atoms with van der Waals surface area (Å²) in [5.41, 5.74) is 1.10. The number of aliphatic carboxylic acids is 1. The van der Waals surface area contributed by atoms with E-state index in [0.29, 0.717) is 13.1 Å². The summed E-state index contributed by atoms with van der Waals surface area (Å²) in [7, 11) is 1.63. The quantitative estimate of drug-likeness (QED) is 0.817. The van der Waals surface area contributed by atoms with Crippen LogP contribution in [0.4, 0.5) is 0 Å². The first-order chi connectivity index (χ1) is 8.70. The van der Waals surface area contributed by atoms with Crippen LogP contribution in [-0.2, 0) is 11.3 Å². The average molecular weight is 250 g/mol. The molecule has 1 aliphatic rings. The normalized spacial score (nSPS) is 20.6. The summed E-state index contributed by atoms with van der Waals surface area (Å²) in [6, 6.07) is 7.29. The van der Waals surface area contributed by atoms with Crippen molar-refractivity contribution in [3.63, 3.8) is 0 Å². The molecule has 0 aliphatic carbocycles. The molecule has 1 atom stereocenters. The number of carbonyl (C=O) groups is 1. The van der Waals surface area contributed by atoms with Gasteiger partial charge in [-0.15, -0.1) is 0 Å². The highest BCUT2D eigenvalue weighted by Crippen LogP contribution is 2.15. The molecule has 0 radical (unpaired) electrons. The Morgan fingerprint density at radius 2 is 2.22 bits per heavy atom. The van der Waals surface area contributed by atoms with Crippen LogP contribution < -0.4 is 10.1 Å². The SMILES string of the molecule is COc1ccc(CN2CCNC[C@H]2C(=O)O)cc1. The van der Waals surface area contributed by atoms with Gasteiger partial charge in [-0.2, -0.15) is 0 Å². The minimum absolute atomic E-state index is 0.444. The van der Waals surface area contributed by atoms with E-state index in [0.717, 1.165) is 24.4 Å². The zero-order valence-electron chi connectivity index (χ0n) is 10.4. The molecular formula is C13H18N2O3. The number of carboxylic acid groups (broad SMARTS) is 1. The fourth-order valence-corrected chi connectivity index (χ4v) is 2.14. The van der Waals surface area contributed by atoms with E-state index in [1.54, 1.807) is 7.11 Å². The monoisotopic (exact) mass is 250 g/mol. The molecular weight excluding hydrogens is 232 g/mol. The van der Waals surface area contributed by atoms with Crippen LogP contribution in [0.15, 0.2) is 24.3 Å². The van der Waals surface area contributed by atoms with Gasteiger partial charge in [-0.1, -0.05) is 12.1 Å². The first kappa shape index (κ1) is 12.9. The molecule has 0 unspecified atom stereocenters. The molecule has 0 aromatic heterocycles. The maximum atomic E-state index is 11.2. The van der Waals surface area contributed by atoms with E-state index < -0.39 is 12.0 Å². The van der Waals surface area contributed by atoms with Crippen molar-refractivity contribution >= 4 is 5.97 Å². The molecule has 0 amide bonds. The summed E-state index contributed by atoms with van der Waals surface area (Å²) >= 11 is 0. The molecule has 1 aromatic rings. The van der Waals surface area contributed by atoms with E-state index in [9.17, 15) is 4.79 Å². The zero-order chi connectivity index (χ0) is 13.0. The fourth-order valence-electron chi connectivity index (χ4n) is 2.14. The number of rotatable bonds is 4. The zero-order valence-corrected chi connectivity index (χ0v) is 10.4. The van der Waals surface area contributed by atoms with Gasteiger partial charge in [0.2, 0.25) is 0 Å². The number of hydrogen-bond acceptors (Lipinski definition) is 4. The second-order valence-electron chi connectivity index (χ2n) is 4.38. The molecule has 1 aromatic carbocycles. The van der Waals surface area contributed by atoms with Crippen LogP contribution in [0.2, 0.25) is 0 Å². The van der Waals surface area contributed by atoms with E-state index in [4.69, 9.17) is 9.84 Å². The summed E-state index contributed by atoms with van der Waals surface area (Å²) in [6.07, 6.45) is 0. The van der Waals surface area contributed by atoms with Crippen LogP contribution in [0, 0.1) is 0 Å². The predicted octanol–water partition coefficient (Wildman–Crippen LogP) is 0.554. The summed E-state index contributed by atoms with van der Waals surface area (Å²) in [5.74, 6) is 0.0459. The number of methoxy groups -OCH3 is 1. The summed E-state index contributed by atoms with van der Waals surface area (Å²) < 4.78 is 5.10. The number of hydrogen-bond donors (Lipinski definition) is 2. The van der Waals surface area contributed by atoms with Crippen LogP contribution in [0.5, 0.6) is 5.75 Å². The number of nitrogens with one attached hydrogen (secondary N) is 1. The average Bonchev–Trinajstić information content (AvgIpc) is 2.40. The van der Waals surface area contributed by atoms with Gasteiger partial charge >= 0.3 is 5.97 Å². The van der Waals surface area contributed by atoms with Gasteiger partial charge in [0.05, 0.1) is 7.11 Å². The maximum absolute atomic E-state index is 11.2. The van der Waals surface area contributed by atoms with Gasteiger partial charge in [0, 0.05) is 26.2 Å². The molecule has 1 heterocycles. The van der Waals surface area contributed by atoms with Gasteiger partial charge in [-0.25, -0.2) is 0 Å². The molecule has 1 saturated heterocycles. The third-order valence-electron chi connectivity index (χ3n) is 3.18. The lowest BCUT2D eigenvalue weighted by Crippen LogP contribution is -2.54. The second kappa shape index (κ2) is 5.84. The lowest BCUT2D eigenvalue weighted by Gasteiger charge is -2.33. The molecule has 0 bridgehead atoms. The Balaban J connectivity index is 2.03. The number of piperazine rings is 1. The Morgan fingerprint density at radius 3 is 2.83 bits per heavy atom. The topological polar surface area (TPSA) is 61.8 Å². The molecule has 2 rings (SSSR count). The van der Waals surface area contributed by atoms with Gasteiger partial charge in [-0.3, -0.25) is 9.69 Å². The van der Waals surface area contributed by atoms with E-state index in [1.807, 2.05) is 29.2 Å². The van der Waals surface area contributed by atoms with Crippen molar-refractivity contribution in [1.82, 2.24) is 10.2 Å². The fraction of sp³-hybridized carbons (Fsp3) is 0.462. The van der Waals surface area contributed by atoms with Crippen molar-refractivity contribution in [2.24, 2.45) is 0 Å². The van der Waals surface area contributed by atoms with Gasteiger partial charge < -0.3 is 15.2 Å². The van der Waals surface area contributed by atoms with Gasteiger partial charge in [-0.05, 0) is 17.7 Å².